The molecule has 4 rings (SSSR count). The lowest BCUT2D eigenvalue weighted by atomic mass is 9.98. The molecule has 6 heteroatoms. The number of nitriles is 1. The van der Waals surface area contributed by atoms with E-state index in [0.29, 0.717) is 34.5 Å². The van der Waals surface area contributed by atoms with Crippen molar-refractivity contribution >= 4 is 17.3 Å². The molecule has 0 amide bonds. The first-order chi connectivity index (χ1) is 15.6. The van der Waals surface area contributed by atoms with Crippen molar-refractivity contribution in [3.8, 4) is 23.1 Å². The average Bonchev–Trinajstić information content (AvgIpc) is 2.96. The maximum atomic E-state index is 9.44. The van der Waals surface area contributed by atoms with E-state index in [2.05, 4.69) is 48.1 Å². The highest BCUT2D eigenvalue weighted by Crippen LogP contribution is 2.39. The van der Waals surface area contributed by atoms with E-state index in [1.165, 1.54) is 11.1 Å². The van der Waals surface area contributed by atoms with Gasteiger partial charge in [0, 0.05) is 17.4 Å². The molecule has 0 unspecified atom stereocenters. The summed E-state index contributed by atoms with van der Waals surface area (Å²) in [6.07, 6.45) is 6.42. The van der Waals surface area contributed by atoms with Crippen LogP contribution in [0.2, 0.25) is 0 Å². The zero-order valence-electron chi connectivity index (χ0n) is 18.1. The molecule has 32 heavy (non-hydrogen) atoms. The van der Waals surface area contributed by atoms with Gasteiger partial charge < -0.3 is 10.5 Å². The fraction of sp³-hybridized carbons (Fsp3) is 0.192. The molecule has 0 saturated carbocycles. The van der Waals surface area contributed by atoms with E-state index in [0.717, 1.165) is 22.6 Å². The van der Waals surface area contributed by atoms with Crippen LogP contribution in [0.15, 0.2) is 77.7 Å². The minimum Gasteiger partial charge on any atom is -0.450 e. The Kier molecular flexibility index (Phi) is 6.69. The number of nitrogens with zero attached hydrogens (tertiary/aromatic N) is 3. The smallest absolute Gasteiger partial charge is 0.161 e. The summed E-state index contributed by atoms with van der Waals surface area (Å²) >= 11 is 1.69. The number of hydrogen-bond acceptors (Lipinski definition) is 6. The van der Waals surface area contributed by atoms with Crippen LogP contribution in [-0.2, 0) is 6.54 Å². The van der Waals surface area contributed by atoms with E-state index in [1.54, 1.807) is 36.3 Å². The van der Waals surface area contributed by atoms with Gasteiger partial charge in [0.25, 0.3) is 0 Å². The van der Waals surface area contributed by atoms with E-state index in [4.69, 9.17) is 10.5 Å². The van der Waals surface area contributed by atoms with Crippen LogP contribution in [0.25, 0.3) is 16.8 Å². The number of thioether (sulfide) groups is 1. The zero-order valence-corrected chi connectivity index (χ0v) is 18.9. The van der Waals surface area contributed by atoms with Crippen LogP contribution >= 0.6 is 11.8 Å². The van der Waals surface area contributed by atoms with Gasteiger partial charge in [0.1, 0.15) is 5.75 Å². The van der Waals surface area contributed by atoms with Crippen LogP contribution in [0.5, 0.6) is 5.75 Å². The van der Waals surface area contributed by atoms with Gasteiger partial charge in [-0.3, -0.25) is 9.97 Å². The summed E-state index contributed by atoms with van der Waals surface area (Å²) in [6, 6.07) is 17.9. The topological polar surface area (TPSA) is 84.8 Å². The van der Waals surface area contributed by atoms with Crippen LogP contribution in [0.3, 0.4) is 0 Å². The van der Waals surface area contributed by atoms with Crippen molar-refractivity contribution in [1.29, 1.82) is 5.26 Å². The molecule has 1 aliphatic heterocycles. The lowest BCUT2D eigenvalue weighted by molar-refractivity contribution is 0.467. The summed E-state index contributed by atoms with van der Waals surface area (Å²) < 4.78 is 6.44. The first-order valence-corrected chi connectivity index (χ1v) is 11.3. The van der Waals surface area contributed by atoms with E-state index in [9.17, 15) is 5.26 Å². The molecule has 1 atom stereocenters. The normalized spacial score (nSPS) is 16.2. The molecule has 5 nitrogen and oxygen atoms in total. The SMILES string of the molecule is CC1=C(c2ccccc2)C=C(Oc2cc(C#N)ccc2-c2cnc(CN)cn2)S[C@H](C)C1. The van der Waals surface area contributed by atoms with Gasteiger partial charge >= 0.3 is 0 Å². The monoisotopic (exact) mass is 440 g/mol. The maximum Gasteiger partial charge on any atom is 0.161 e. The highest BCUT2D eigenvalue weighted by molar-refractivity contribution is 8.03. The Morgan fingerprint density at radius 1 is 1.16 bits per heavy atom. The second-order valence-corrected chi connectivity index (χ2v) is 9.12. The molecular weight excluding hydrogens is 416 g/mol. The Bertz CT molecular complexity index is 1210. The third-order valence-electron chi connectivity index (χ3n) is 5.23. The van der Waals surface area contributed by atoms with Crippen molar-refractivity contribution in [2.45, 2.75) is 32.1 Å². The van der Waals surface area contributed by atoms with Gasteiger partial charge in [-0.15, -0.1) is 0 Å². The van der Waals surface area contributed by atoms with Crippen molar-refractivity contribution in [3.63, 3.8) is 0 Å². The van der Waals surface area contributed by atoms with Gasteiger partial charge in [-0.25, -0.2) is 0 Å². The Balaban J connectivity index is 1.75. The molecule has 0 radical (unpaired) electrons. The molecule has 1 aromatic heterocycles. The number of ether oxygens (including phenoxy) is 1. The fourth-order valence-corrected chi connectivity index (χ4v) is 4.71. The molecule has 2 N–H and O–H groups in total. The Morgan fingerprint density at radius 2 is 1.97 bits per heavy atom. The van der Waals surface area contributed by atoms with Crippen molar-refractivity contribution < 1.29 is 4.74 Å². The largest absolute Gasteiger partial charge is 0.450 e. The fourth-order valence-electron chi connectivity index (χ4n) is 3.65. The summed E-state index contributed by atoms with van der Waals surface area (Å²) in [5.74, 6) is 0.580. The molecule has 0 saturated heterocycles. The molecule has 0 fully saturated rings. The van der Waals surface area contributed by atoms with E-state index < -0.39 is 0 Å². The minimum atomic E-state index is 0.333. The third kappa shape index (κ3) is 4.91. The standard InChI is InChI=1S/C26H24N4OS/c1-17-10-18(2)32-26(12-23(17)20-6-4-3-5-7-20)31-25-11-19(13-27)8-9-22(25)24-16-29-21(14-28)15-30-24/h3-9,11-12,15-16,18H,10,14,28H2,1-2H3/t18-/m1/s1. The second-order valence-electron chi connectivity index (χ2n) is 7.68. The van der Waals surface area contributed by atoms with Crippen LogP contribution in [-0.4, -0.2) is 15.2 Å². The number of rotatable bonds is 5. The number of aromatic nitrogens is 2. The summed E-state index contributed by atoms with van der Waals surface area (Å²) in [6.45, 7) is 4.71. The van der Waals surface area contributed by atoms with Crippen LogP contribution in [0, 0.1) is 11.3 Å². The van der Waals surface area contributed by atoms with E-state index >= 15 is 0 Å². The van der Waals surface area contributed by atoms with Crippen molar-refractivity contribution in [2.75, 3.05) is 0 Å². The molecule has 1 aliphatic rings. The van der Waals surface area contributed by atoms with E-state index in [1.807, 2.05) is 24.3 Å². The second kappa shape index (κ2) is 9.82. The number of allylic oxidation sites excluding steroid dienone is 3. The Labute approximate surface area is 192 Å². The molecule has 0 bridgehead atoms. The summed E-state index contributed by atoms with van der Waals surface area (Å²) in [4.78, 5) is 8.85. The highest BCUT2D eigenvalue weighted by atomic mass is 32.2. The first kappa shape index (κ1) is 21.8. The number of nitrogens with two attached hydrogens (primary N) is 1. The van der Waals surface area contributed by atoms with Gasteiger partial charge in [-0.05, 0) is 48.8 Å². The predicted molar refractivity (Wildman–Crippen MR) is 129 cm³/mol. The molecule has 0 aliphatic carbocycles. The molecule has 2 aromatic carbocycles. The quantitative estimate of drug-likeness (QED) is 0.548. The molecule has 2 heterocycles. The maximum absolute atomic E-state index is 9.44. The minimum absolute atomic E-state index is 0.333. The van der Waals surface area contributed by atoms with Gasteiger partial charge in [0.2, 0.25) is 0 Å². The summed E-state index contributed by atoms with van der Waals surface area (Å²) in [5, 5.41) is 10.6. The van der Waals surface area contributed by atoms with Gasteiger partial charge in [-0.2, -0.15) is 5.26 Å². The Hall–Kier alpha value is -3.40. The third-order valence-corrected chi connectivity index (χ3v) is 6.23. The average molecular weight is 441 g/mol. The van der Waals surface area contributed by atoms with Gasteiger partial charge in [0.05, 0.1) is 35.4 Å². The van der Waals surface area contributed by atoms with Crippen molar-refractivity contribution in [3.05, 3.63) is 94.5 Å². The lowest BCUT2D eigenvalue weighted by Crippen LogP contribution is -2.02. The summed E-state index contributed by atoms with van der Waals surface area (Å²) in [7, 11) is 0. The van der Waals surface area contributed by atoms with Crippen LogP contribution < -0.4 is 10.5 Å². The van der Waals surface area contributed by atoms with E-state index in [-0.39, 0.29) is 0 Å². The van der Waals surface area contributed by atoms with Crippen molar-refractivity contribution in [2.24, 2.45) is 5.73 Å². The van der Waals surface area contributed by atoms with Crippen LogP contribution in [0.1, 0.15) is 37.1 Å². The first-order valence-electron chi connectivity index (χ1n) is 10.4. The molecule has 160 valence electrons. The highest BCUT2D eigenvalue weighted by Gasteiger charge is 2.20. The molecule has 3 aromatic rings. The van der Waals surface area contributed by atoms with Gasteiger partial charge in [0.15, 0.2) is 5.09 Å². The summed E-state index contributed by atoms with van der Waals surface area (Å²) in [5.41, 5.74) is 12.0. The lowest BCUT2D eigenvalue weighted by Gasteiger charge is -2.15. The predicted octanol–water partition coefficient (Wildman–Crippen LogP) is 5.69. The molecule has 0 spiro atoms. The Morgan fingerprint density at radius 3 is 2.66 bits per heavy atom. The van der Waals surface area contributed by atoms with Crippen molar-refractivity contribution in [1.82, 2.24) is 9.97 Å². The zero-order chi connectivity index (χ0) is 22.5. The number of benzene rings is 2. The van der Waals surface area contributed by atoms with Crippen LogP contribution in [0.4, 0.5) is 0 Å². The molecular formula is C26H24N4OS. The number of hydrogen-bond donors (Lipinski definition) is 1. The van der Waals surface area contributed by atoms with Gasteiger partial charge in [-0.1, -0.05) is 54.6 Å².